The van der Waals surface area contributed by atoms with Gasteiger partial charge in [0.2, 0.25) is 35.4 Å². The number of H-pyrrole nitrogens is 1. The average molecular weight is 818 g/mol. The molecule has 0 bridgehead atoms. The minimum Gasteiger partial charge on any atom is -0.391 e. The molecule has 6 amide bonds. The van der Waals surface area contributed by atoms with E-state index in [1.165, 1.54) is 11.8 Å². The molecule has 59 heavy (non-hydrogen) atoms. The number of amides is 6. The number of hydrogen-bond donors (Lipinski definition) is 10. The zero-order valence-electron chi connectivity index (χ0n) is 33.7. The van der Waals surface area contributed by atoms with E-state index in [1.807, 2.05) is 31.2 Å². The lowest BCUT2D eigenvalue weighted by atomic mass is 10.0. The third-order valence-electron chi connectivity index (χ3n) is 10.3. The van der Waals surface area contributed by atoms with Crippen molar-refractivity contribution in [3.63, 3.8) is 0 Å². The molecule has 1 aliphatic heterocycles. The number of aliphatic imine (C=N–C) groups is 1. The Hall–Kier alpha value is -6.01. The summed E-state index contributed by atoms with van der Waals surface area (Å²) in [7, 11) is 0. The van der Waals surface area contributed by atoms with Gasteiger partial charge in [-0.3, -0.25) is 33.8 Å². The number of carbonyl (C=O) groups is 6. The number of primary amides is 1. The average Bonchev–Trinajstić information content (AvgIpc) is 3.87. The molecule has 0 aliphatic carbocycles. The summed E-state index contributed by atoms with van der Waals surface area (Å²) in [6.45, 7) is 3.70. The lowest BCUT2D eigenvalue weighted by Crippen LogP contribution is -2.61. The Morgan fingerprint density at radius 3 is 2.17 bits per heavy atom. The van der Waals surface area contributed by atoms with Gasteiger partial charge in [-0.15, -0.1) is 0 Å². The van der Waals surface area contributed by atoms with E-state index < -0.39 is 77.8 Å². The minimum atomic E-state index is -1.36. The number of aliphatic hydroxyl groups is 1. The number of fused-ring (bicyclic) bond motifs is 1. The van der Waals surface area contributed by atoms with E-state index in [0.29, 0.717) is 36.8 Å². The molecule has 0 unspecified atom stereocenters. The van der Waals surface area contributed by atoms with Crippen LogP contribution < -0.4 is 44.2 Å². The van der Waals surface area contributed by atoms with Crippen LogP contribution in [0.2, 0.25) is 0 Å². The first kappa shape index (κ1) is 45.7. The Morgan fingerprint density at radius 2 is 1.51 bits per heavy atom. The van der Waals surface area contributed by atoms with Crippen molar-refractivity contribution in [1.29, 1.82) is 0 Å². The predicted molar refractivity (Wildman–Crippen MR) is 223 cm³/mol. The number of nitrogens with two attached hydrogens (primary N) is 4. The molecule has 14 N–H and O–H groups in total. The molecule has 1 fully saturated rings. The van der Waals surface area contributed by atoms with Crippen LogP contribution in [0.3, 0.4) is 0 Å². The summed E-state index contributed by atoms with van der Waals surface area (Å²) in [5.74, 6) is -4.17. The summed E-state index contributed by atoms with van der Waals surface area (Å²) < 4.78 is 0. The molecule has 18 nitrogen and oxygen atoms in total. The van der Waals surface area contributed by atoms with E-state index in [4.69, 9.17) is 22.9 Å². The topological polar surface area (TPSA) is 306 Å². The third kappa shape index (κ3) is 13.3. The SMILES string of the molecule is CCCC[C@H](N)C(=O)N[C@H](C(=O)N1CCC[C@H]1C(=O)N[C@@H](Cc1ccccc1)C(=O)N[C@@H](Cc1c[nH]c2ccccc12)C(=O)N[C@@H](CCCN=C(N)N)C(N)=O)[C@@H](C)O. The number of unbranched alkanes of at least 4 members (excludes halogenated alkanes) is 1. The van der Waals surface area contributed by atoms with Crippen molar-refractivity contribution in [1.82, 2.24) is 31.2 Å². The molecule has 1 saturated heterocycles. The van der Waals surface area contributed by atoms with Gasteiger partial charge in [-0.05, 0) is 56.2 Å². The standard InChI is InChI=1S/C41H59N11O7/c1-3-4-15-28(42)36(55)51-34(24(2)53)40(59)52-20-11-18-33(52)39(58)50-31(21-25-12-6-5-7-13-25)37(56)49-32(22-26-23-47-29-16-9-8-14-27(26)29)38(57)48-30(35(43)54)17-10-19-46-41(44)45/h5-9,12-14,16,23-24,28,30-34,47,53H,3-4,10-11,15,17-22,42H2,1-2H3,(H2,43,54)(H,48,57)(H,49,56)(H,50,58)(H,51,55)(H4,44,45,46)/t24-,28+,30+,31+,32+,33+,34+/m1/s1. The Morgan fingerprint density at radius 1 is 0.847 bits per heavy atom. The normalized spacial score (nSPS) is 16.8. The first-order valence-electron chi connectivity index (χ1n) is 20.1. The summed E-state index contributed by atoms with van der Waals surface area (Å²) in [5.41, 5.74) is 24.7. The number of aromatic amines is 1. The van der Waals surface area contributed by atoms with Crippen molar-refractivity contribution in [3.05, 3.63) is 71.9 Å². The molecule has 7 atom stereocenters. The molecule has 1 aliphatic rings. The number of nitrogens with zero attached hydrogens (tertiary/aromatic N) is 2. The lowest BCUT2D eigenvalue weighted by Gasteiger charge is -2.31. The Labute approximate surface area is 343 Å². The summed E-state index contributed by atoms with van der Waals surface area (Å²) >= 11 is 0. The van der Waals surface area contributed by atoms with Crippen molar-refractivity contribution in [2.45, 2.75) is 114 Å². The number of rotatable bonds is 22. The lowest BCUT2D eigenvalue weighted by molar-refractivity contribution is -0.144. The Balaban J connectivity index is 1.58. The summed E-state index contributed by atoms with van der Waals surface area (Å²) in [6, 6.07) is 9.56. The maximum Gasteiger partial charge on any atom is 0.248 e. The highest BCUT2D eigenvalue weighted by atomic mass is 16.3. The molecule has 2 heterocycles. The highest BCUT2D eigenvalue weighted by Crippen LogP contribution is 2.22. The van der Waals surface area contributed by atoms with Crippen molar-refractivity contribution in [2.24, 2.45) is 27.9 Å². The van der Waals surface area contributed by atoms with E-state index in [2.05, 4.69) is 31.2 Å². The maximum atomic E-state index is 14.4. The second kappa shape index (κ2) is 22.2. The van der Waals surface area contributed by atoms with E-state index in [0.717, 1.165) is 17.3 Å². The number of aromatic nitrogens is 1. The van der Waals surface area contributed by atoms with Crippen LogP contribution in [0.25, 0.3) is 10.9 Å². The molecular weight excluding hydrogens is 759 g/mol. The predicted octanol–water partition coefficient (Wildman–Crippen LogP) is -0.679. The van der Waals surface area contributed by atoms with Crippen molar-refractivity contribution in [3.8, 4) is 0 Å². The molecule has 0 radical (unpaired) electrons. The second-order valence-corrected chi connectivity index (χ2v) is 15.0. The van der Waals surface area contributed by atoms with Gasteiger partial charge in [-0.25, -0.2) is 0 Å². The molecule has 3 aromatic rings. The van der Waals surface area contributed by atoms with Crippen molar-refractivity contribution >= 4 is 52.3 Å². The zero-order valence-corrected chi connectivity index (χ0v) is 33.7. The fourth-order valence-corrected chi connectivity index (χ4v) is 7.08. The van der Waals surface area contributed by atoms with Crippen LogP contribution in [0.1, 0.15) is 69.9 Å². The summed E-state index contributed by atoms with van der Waals surface area (Å²) in [6.07, 6.45) is 3.57. The number of aliphatic hydroxyl groups excluding tert-OH is 1. The number of carbonyl (C=O) groups excluding carboxylic acids is 6. The number of guanidine groups is 1. The van der Waals surface area contributed by atoms with Gasteiger partial charge in [0.15, 0.2) is 5.96 Å². The molecule has 320 valence electrons. The fraction of sp³-hybridized carbons (Fsp3) is 0.488. The Kier molecular flexibility index (Phi) is 17.2. The number of likely N-dealkylation sites (tertiary alicyclic amines) is 1. The minimum absolute atomic E-state index is 0.00648. The molecular formula is C41H59N11O7. The number of nitrogens with one attached hydrogen (secondary N) is 5. The molecule has 1 aromatic heterocycles. The van der Waals surface area contributed by atoms with Gasteiger partial charge < -0.3 is 59.2 Å². The second-order valence-electron chi connectivity index (χ2n) is 15.0. The van der Waals surface area contributed by atoms with Crippen LogP contribution in [0.4, 0.5) is 0 Å². The van der Waals surface area contributed by atoms with E-state index >= 15 is 0 Å². The molecule has 18 heteroatoms. The first-order valence-corrected chi connectivity index (χ1v) is 20.1. The van der Waals surface area contributed by atoms with Crippen LogP contribution >= 0.6 is 0 Å². The monoisotopic (exact) mass is 817 g/mol. The fourth-order valence-electron chi connectivity index (χ4n) is 7.08. The van der Waals surface area contributed by atoms with E-state index in [1.54, 1.807) is 36.5 Å². The van der Waals surface area contributed by atoms with Crippen LogP contribution in [0.15, 0.2) is 65.8 Å². The smallest absolute Gasteiger partial charge is 0.248 e. The summed E-state index contributed by atoms with van der Waals surface area (Å²) in [4.78, 5) is 90.0. The van der Waals surface area contributed by atoms with Gasteiger partial charge in [-0.2, -0.15) is 0 Å². The quantitative estimate of drug-likeness (QED) is 0.0346. The number of benzene rings is 2. The highest BCUT2D eigenvalue weighted by molar-refractivity contribution is 5.97. The number of hydrogen-bond acceptors (Lipinski definition) is 9. The van der Waals surface area contributed by atoms with Gasteiger partial charge in [0, 0.05) is 43.0 Å². The maximum absolute atomic E-state index is 14.4. The van der Waals surface area contributed by atoms with Gasteiger partial charge in [0.1, 0.15) is 30.2 Å². The van der Waals surface area contributed by atoms with Crippen LogP contribution in [-0.4, -0.2) is 112 Å². The summed E-state index contributed by atoms with van der Waals surface area (Å²) in [5, 5.41) is 22.3. The number of para-hydroxylation sites is 1. The highest BCUT2D eigenvalue weighted by Gasteiger charge is 2.41. The third-order valence-corrected chi connectivity index (χ3v) is 10.3. The molecule has 2 aromatic carbocycles. The van der Waals surface area contributed by atoms with Crippen LogP contribution in [-0.2, 0) is 41.6 Å². The molecule has 0 spiro atoms. The van der Waals surface area contributed by atoms with E-state index in [9.17, 15) is 33.9 Å². The van der Waals surface area contributed by atoms with Gasteiger partial charge in [-0.1, -0.05) is 68.3 Å². The van der Waals surface area contributed by atoms with Gasteiger partial charge in [0.05, 0.1) is 12.1 Å². The van der Waals surface area contributed by atoms with Crippen molar-refractivity contribution in [2.75, 3.05) is 13.1 Å². The van der Waals surface area contributed by atoms with Gasteiger partial charge in [0.25, 0.3) is 0 Å². The molecule has 0 saturated carbocycles. The van der Waals surface area contributed by atoms with Crippen molar-refractivity contribution < 1.29 is 33.9 Å². The van der Waals surface area contributed by atoms with Crippen LogP contribution in [0, 0.1) is 0 Å². The Bertz CT molecular complexity index is 1930. The first-order chi connectivity index (χ1) is 28.2. The van der Waals surface area contributed by atoms with Gasteiger partial charge >= 0.3 is 0 Å². The zero-order chi connectivity index (χ0) is 43.1. The largest absolute Gasteiger partial charge is 0.391 e. The van der Waals surface area contributed by atoms with E-state index in [-0.39, 0.29) is 44.7 Å². The van der Waals surface area contributed by atoms with Crippen LogP contribution in [0.5, 0.6) is 0 Å². The molecule has 4 rings (SSSR count).